The van der Waals surface area contributed by atoms with Crippen LogP contribution >= 0.6 is 0 Å². The fourth-order valence-corrected chi connectivity index (χ4v) is 3.22. The van der Waals surface area contributed by atoms with Crippen molar-refractivity contribution >= 4 is 11.6 Å². The fourth-order valence-electron chi connectivity index (χ4n) is 3.22. The number of aryl methyl sites for hydroxylation is 1. The topological polar surface area (TPSA) is 84.5 Å². The minimum Gasteiger partial charge on any atom is -0.340 e. The van der Waals surface area contributed by atoms with Gasteiger partial charge in [0.1, 0.15) is 17.7 Å². The van der Waals surface area contributed by atoms with E-state index in [9.17, 15) is 19.3 Å². The van der Waals surface area contributed by atoms with Crippen LogP contribution in [0.5, 0.6) is 0 Å². The maximum absolute atomic E-state index is 13.8. The Bertz CT molecular complexity index is 830. The molecule has 3 rings (SSSR count). The minimum atomic E-state index is -0.477. The van der Waals surface area contributed by atoms with Crippen LogP contribution in [0.1, 0.15) is 17.7 Å². The lowest BCUT2D eigenvalue weighted by Gasteiger charge is -2.34. The van der Waals surface area contributed by atoms with Gasteiger partial charge in [-0.3, -0.25) is 24.5 Å². The highest BCUT2D eigenvalue weighted by Gasteiger charge is 2.22. The summed E-state index contributed by atoms with van der Waals surface area (Å²) in [5, 5.41) is 14.8. The van der Waals surface area contributed by atoms with Crippen molar-refractivity contribution in [2.24, 2.45) is 0 Å². The van der Waals surface area contributed by atoms with Gasteiger partial charge >= 0.3 is 5.69 Å². The number of piperazine rings is 1. The normalized spacial score (nSPS) is 15.1. The van der Waals surface area contributed by atoms with Crippen LogP contribution in [0.25, 0.3) is 0 Å². The Balaban J connectivity index is 1.47. The Kier molecular flexibility index (Phi) is 5.80. The number of carbonyl (C=O) groups excluding carboxylic acids is 1. The minimum absolute atomic E-state index is 0.00176. The molecule has 0 saturated carbocycles. The number of halogens is 1. The Hall–Kier alpha value is -2.81. The number of carbonyl (C=O) groups is 1. The first kappa shape index (κ1) is 19.0. The molecule has 9 heteroatoms. The third-order valence-corrected chi connectivity index (χ3v) is 4.89. The highest BCUT2D eigenvalue weighted by molar-refractivity contribution is 5.76. The van der Waals surface area contributed by atoms with Crippen LogP contribution in [-0.4, -0.2) is 56.6 Å². The summed E-state index contributed by atoms with van der Waals surface area (Å²) in [4.78, 5) is 26.7. The lowest BCUT2D eigenvalue weighted by molar-refractivity contribution is -0.385. The molecule has 1 aliphatic rings. The third-order valence-electron chi connectivity index (χ3n) is 4.89. The maximum Gasteiger partial charge on any atom is 0.309 e. The molecule has 1 saturated heterocycles. The Labute approximate surface area is 156 Å². The highest BCUT2D eigenvalue weighted by atomic mass is 19.1. The van der Waals surface area contributed by atoms with Crippen molar-refractivity contribution in [3.63, 3.8) is 0 Å². The zero-order valence-electron chi connectivity index (χ0n) is 15.2. The lowest BCUT2D eigenvalue weighted by atomic mass is 10.2. The molecule has 0 radical (unpaired) electrons. The molecule has 1 aliphatic heterocycles. The smallest absolute Gasteiger partial charge is 0.309 e. The van der Waals surface area contributed by atoms with Gasteiger partial charge in [0.15, 0.2) is 0 Å². The number of hydrogen-bond donors (Lipinski definition) is 0. The van der Waals surface area contributed by atoms with Gasteiger partial charge in [0.05, 0.1) is 11.5 Å². The summed E-state index contributed by atoms with van der Waals surface area (Å²) in [6.45, 7) is 5.02. The number of benzene rings is 1. The molecule has 144 valence electrons. The number of nitro groups is 1. The second-order valence-electron chi connectivity index (χ2n) is 6.59. The first-order valence-corrected chi connectivity index (χ1v) is 8.86. The van der Waals surface area contributed by atoms with Crippen LogP contribution in [0.2, 0.25) is 0 Å². The molecule has 0 spiro atoms. The zero-order chi connectivity index (χ0) is 19.4. The Morgan fingerprint density at radius 2 is 1.96 bits per heavy atom. The molecule has 0 N–H and O–H groups in total. The lowest BCUT2D eigenvalue weighted by Crippen LogP contribution is -2.48. The summed E-state index contributed by atoms with van der Waals surface area (Å²) in [5.41, 5.74) is 1.07. The molecule has 0 atom stereocenters. The molecule has 0 unspecified atom stereocenters. The number of nitrogens with zero attached hydrogens (tertiary/aromatic N) is 5. The van der Waals surface area contributed by atoms with Gasteiger partial charge in [-0.15, -0.1) is 0 Å². The molecule has 2 heterocycles. The van der Waals surface area contributed by atoms with E-state index in [4.69, 9.17) is 0 Å². The van der Waals surface area contributed by atoms with E-state index in [1.807, 2.05) is 6.07 Å². The largest absolute Gasteiger partial charge is 0.340 e. The molecule has 1 aromatic heterocycles. The highest BCUT2D eigenvalue weighted by Crippen LogP contribution is 2.17. The van der Waals surface area contributed by atoms with Crippen LogP contribution in [0.3, 0.4) is 0 Å². The molecule has 1 amide bonds. The molecule has 2 aromatic rings. The van der Waals surface area contributed by atoms with Crippen molar-refractivity contribution in [3.8, 4) is 0 Å². The second kappa shape index (κ2) is 8.26. The molecular weight excluding hydrogens is 353 g/mol. The van der Waals surface area contributed by atoms with E-state index in [-0.39, 0.29) is 23.8 Å². The van der Waals surface area contributed by atoms with Gasteiger partial charge in [-0.1, -0.05) is 18.2 Å². The molecule has 1 fully saturated rings. The van der Waals surface area contributed by atoms with Crippen molar-refractivity contribution in [2.45, 2.75) is 26.4 Å². The summed E-state index contributed by atoms with van der Waals surface area (Å²) in [5.74, 6) is -0.210. The first-order valence-electron chi connectivity index (χ1n) is 8.86. The number of amides is 1. The summed E-state index contributed by atoms with van der Waals surface area (Å²) < 4.78 is 15.2. The maximum atomic E-state index is 13.8. The Morgan fingerprint density at radius 3 is 2.59 bits per heavy atom. The Morgan fingerprint density at radius 1 is 1.26 bits per heavy atom. The third kappa shape index (κ3) is 4.48. The van der Waals surface area contributed by atoms with Crippen LogP contribution in [0.15, 0.2) is 30.5 Å². The number of aromatic nitrogens is 2. The molecule has 27 heavy (non-hydrogen) atoms. The summed E-state index contributed by atoms with van der Waals surface area (Å²) >= 11 is 0. The van der Waals surface area contributed by atoms with Gasteiger partial charge in [0.25, 0.3) is 0 Å². The average molecular weight is 375 g/mol. The number of hydrogen-bond acceptors (Lipinski definition) is 5. The SMILES string of the molecule is Cc1c([N+](=O)[O-])cnn1CCC(=O)N1CCN(Cc2ccccc2F)CC1. The van der Waals surface area contributed by atoms with E-state index in [1.165, 1.54) is 16.9 Å². The molecule has 0 bridgehead atoms. The summed E-state index contributed by atoms with van der Waals surface area (Å²) in [7, 11) is 0. The van der Waals surface area contributed by atoms with Gasteiger partial charge in [0, 0.05) is 44.7 Å². The van der Waals surface area contributed by atoms with Gasteiger partial charge in [-0.05, 0) is 13.0 Å². The molecular formula is C18H22FN5O3. The van der Waals surface area contributed by atoms with Crippen molar-refractivity contribution < 1.29 is 14.1 Å². The predicted molar refractivity (Wildman–Crippen MR) is 96.5 cm³/mol. The molecule has 0 aliphatic carbocycles. The van der Waals surface area contributed by atoms with Crippen LogP contribution in [-0.2, 0) is 17.9 Å². The second-order valence-corrected chi connectivity index (χ2v) is 6.59. The summed E-state index contributed by atoms with van der Waals surface area (Å²) in [6, 6.07) is 6.72. The van der Waals surface area contributed by atoms with E-state index in [0.29, 0.717) is 50.5 Å². The average Bonchev–Trinajstić information content (AvgIpc) is 3.03. The first-order chi connectivity index (χ1) is 13.0. The summed E-state index contributed by atoms with van der Waals surface area (Å²) in [6.07, 6.45) is 1.45. The molecule has 1 aromatic carbocycles. The van der Waals surface area contributed by atoms with Gasteiger partial charge in [0.2, 0.25) is 5.91 Å². The predicted octanol–water partition coefficient (Wildman–Crippen LogP) is 1.97. The van der Waals surface area contributed by atoms with Crippen LogP contribution < -0.4 is 0 Å². The van der Waals surface area contributed by atoms with Gasteiger partial charge in [-0.25, -0.2) is 4.39 Å². The standard InChI is InChI=1S/C18H22FN5O3/c1-14-17(24(26)27)12-20-23(14)7-6-18(25)22-10-8-21(9-11-22)13-15-4-2-3-5-16(15)19/h2-5,12H,6-11,13H2,1H3. The van der Waals surface area contributed by atoms with E-state index >= 15 is 0 Å². The van der Waals surface area contributed by atoms with E-state index in [2.05, 4.69) is 10.00 Å². The van der Waals surface area contributed by atoms with Crippen LogP contribution in [0, 0.1) is 22.9 Å². The fraction of sp³-hybridized carbons (Fsp3) is 0.444. The van der Waals surface area contributed by atoms with Crippen LogP contribution in [0.4, 0.5) is 10.1 Å². The number of rotatable bonds is 6. The van der Waals surface area contributed by atoms with Crippen molar-refractivity contribution in [2.75, 3.05) is 26.2 Å². The molecule has 8 nitrogen and oxygen atoms in total. The van der Waals surface area contributed by atoms with E-state index in [0.717, 1.165) is 0 Å². The van der Waals surface area contributed by atoms with Gasteiger partial charge < -0.3 is 4.90 Å². The van der Waals surface area contributed by atoms with E-state index < -0.39 is 4.92 Å². The van der Waals surface area contributed by atoms with Gasteiger partial charge in [-0.2, -0.15) is 5.10 Å². The van der Waals surface area contributed by atoms with Crippen molar-refractivity contribution in [1.29, 1.82) is 0 Å². The zero-order valence-corrected chi connectivity index (χ0v) is 15.2. The van der Waals surface area contributed by atoms with E-state index in [1.54, 1.807) is 24.0 Å². The quantitative estimate of drug-likeness (QED) is 0.569. The van der Waals surface area contributed by atoms with Crippen molar-refractivity contribution in [1.82, 2.24) is 19.6 Å². The monoisotopic (exact) mass is 375 g/mol. The van der Waals surface area contributed by atoms with Crippen molar-refractivity contribution in [3.05, 3.63) is 57.7 Å².